The molecule has 3 N–H and O–H groups in total. The lowest BCUT2D eigenvalue weighted by Crippen LogP contribution is -2.46. The molecule has 0 bridgehead atoms. The summed E-state index contributed by atoms with van der Waals surface area (Å²) in [7, 11) is 0. The molecule has 0 aliphatic carbocycles. The van der Waals surface area contributed by atoms with Gasteiger partial charge in [-0.3, -0.25) is 4.98 Å². The minimum absolute atomic E-state index is 0.366. The average molecular weight is 270 g/mol. The Labute approximate surface area is 118 Å². The van der Waals surface area contributed by atoms with Crippen molar-refractivity contribution < 1.29 is 9.84 Å². The molecule has 0 saturated carbocycles. The summed E-state index contributed by atoms with van der Waals surface area (Å²) in [5.41, 5.74) is 7.41. The van der Waals surface area contributed by atoms with Gasteiger partial charge in [-0.1, -0.05) is 18.2 Å². The maximum absolute atomic E-state index is 10.7. The molecule has 2 aromatic rings. The summed E-state index contributed by atoms with van der Waals surface area (Å²) in [6.45, 7) is 0.787. The number of nitrogens with two attached hydrogens (primary N) is 1. The standard InChI is InChI=1S/C16H18N2O2/c17-10-16(15(19)12-5-7-18-8-6-12)9-13-3-1-2-4-14(13)20-11-16/h1-8,15,19H,9-11,17H2. The van der Waals surface area contributed by atoms with Gasteiger partial charge in [-0.15, -0.1) is 0 Å². The highest BCUT2D eigenvalue weighted by atomic mass is 16.5. The zero-order valence-corrected chi connectivity index (χ0v) is 11.2. The lowest BCUT2D eigenvalue weighted by Gasteiger charge is -2.40. The number of hydrogen-bond acceptors (Lipinski definition) is 4. The van der Waals surface area contributed by atoms with Crippen molar-refractivity contribution in [2.75, 3.05) is 13.2 Å². The SMILES string of the molecule is NCC1(C(O)c2ccncc2)COc2ccccc2C1. The summed E-state index contributed by atoms with van der Waals surface area (Å²) in [5.74, 6) is 0.888. The molecule has 1 aliphatic heterocycles. The first-order valence-corrected chi connectivity index (χ1v) is 6.74. The number of ether oxygens (including phenoxy) is 1. The maximum Gasteiger partial charge on any atom is 0.122 e. The van der Waals surface area contributed by atoms with Gasteiger partial charge in [0.25, 0.3) is 0 Å². The molecule has 20 heavy (non-hydrogen) atoms. The van der Waals surface area contributed by atoms with Crippen molar-refractivity contribution in [1.82, 2.24) is 4.98 Å². The average Bonchev–Trinajstić information content (AvgIpc) is 2.54. The Balaban J connectivity index is 1.94. The van der Waals surface area contributed by atoms with E-state index in [0.717, 1.165) is 16.9 Å². The van der Waals surface area contributed by atoms with Crippen LogP contribution in [0.3, 0.4) is 0 Å². The molecule has 4 nitrogen and oxygen atoms in total. The van der Waals surface area contributed by atoms with Gasteiger partial charge in [-0.2, -0.15) is 0 Å². The normalized spacial score (nSPS) is 22.7. The van der Waals surface area contributed by atoms with Crippen LogP contribution in [0.5, 0.6) is 5.75 Å². The van der Waals surface area contributed by atoms with Crippen LogP contribution in [0.2, 0.25) is 0 Å². The number of pyridine rings is 1. The number of nitrogens with zero attached hydrogens (tertiary/aromatic N) is 1. The zero-order valence-electron chi connectivity index (χ0n) is 11.2. The number of rotatable bonds is 3. The summed E-state index contributed by atoms with van der Waals surface area (Å²) < 4.78 is 5.82. The highest BCUT2D eigenvalue weighted by molar-refractivity contribution is 5.37. The van der Waals surface area contributed by atoms with Gasteiger partial charge in [0.1, 0.15) is 5.75 Å². The van der Waals surface area contributed by atoms with Crippen LogP contribution < -0.4 is 10.5 Å². The van der Waals surface area contributed by atoms with E-state index in [-0.39, 0.29) is 0 Å². The van der Waals surface area contributed by atoms with Gasteiger partial charge in [0.2, 0.25) is 0 Å². The van der Waals surface area contributed by atoms with Gasteiger partial charge in [0.05, 0.1) is 18.1 Å². The second-order valence-corrected chi connectivity index (χ2v) is 5.32. The van der Waals surface area contributed by atoms with Crippen LogP contribution in [-0.4, -0.2) is 23.2 Å². The van der Waals surface area contributed by atoms with E-state index in [9.17, 15) is 5.11 Å². The van der Waals surface area contributed by atoms with Gasteiger partial charge >= 0.3 is 0 Å². The topological polar surface area (TPSA) is 68.4 Å². The molecule has 1 aromatic carbocycles. The predicted molar refractivity (Wildman–Crippen MR) is 76.3 cm³/mol. The van der Waals surface area contributed by atoms with E-state index < -0.39 is 11.5 Å². The smallest absolute Gasteiger partial charge is 0.122 e. The van der Waals surface area contributed by atoms with E-state index in [0.29, 0.717) is 19.6 Å². The Hall–Kier alpha value is -1.91. The van der Waals surface area contributed by atoms with Crippen LogP contribution in [-0.2, 0) is 6.42 Å². The van der Waals surface area contributed by atoms with Crippen molar-refractivity contribution in [1.29, 1.82) is 0 Å². The van der Waals surface area contributed by atoms with E-state index in [2.05, 4.69) is 4.98 Å². The van der Waals surface area contributed by atoms with Crippen molar-refractivity contribution in [3.8, 4) is 5.75 Å². The number of aliphatic hydroxyl groups is 1. The number of fused-ring (bicyclic) bond motifs is 1. The molecule has 0 radical (unpaired) electrons. The Morgan fingerprint density at radius 2 is 2.00 bits per heavy atom. The minimum atomic E-state index is -0.663. The minimum Gasteiger partial charge on any atom is -0.493 e. The molecular weight excluding hydrogens is 252 g/mol. The number of aliphatic hydroxyl groups excluding tert-OH is 1. The van der Waals surface area contributed by atoms with Gasteiger partial charge in [-0.05, 0) is 35.7 Å². The fraction of sp³-hybridized carbons (Fsp3) is 0.312. The lowest BCUT2D eigenvalue weighted by molar-refractivity contribution is -0.0161. The van der Waals surface area contributed by atoms with Gasteiger partial charge < -0.3 is 15.6 Å². The molecular formula is C16H18N2O2. The van der Waals surface area contributed by atoms with Crippen LogP contribution in [0.4, 0.5) is 0 Å². The van der Waals surface area contributed by atoms with E-state index in [4.69, 9.17) is 10.5 Å². The first kappa shape index (κ1) is 13.1. The Morgan fingerprint density at radius 3 is 2.75 bits per heavy atom. The van der Waals surface area contributed by atoms with Gasteiger partial charge in [0.15, 0.2) is 0 Å². The molecule has 0 spiro atoms. The number of para-hydroxylation sites is 1. The first-order chi connectivity index (χ1) is 9.75. The molecule has 0 saturated heterocycles. The fourth-order valence-corrected chi connectivity index (χ4v) is 2.76. The first-order valence-electron chi connectivity index (χ1n) is 6.74. The second-order valence-electron chi connectivity index (χ2n) is 5.32. The Bertz CT molecular complexity index is 588. The number of hydrogen-bond donors (Lipinski definition) is 2. The van der Waals surface area contributed by atoms with Crippen molar-refractivity contribution in [2.45, 2.75) is 12.5 Å². The van der Waals surface area contributed by atoms with Crippen molar-refractivity contribution >= 4 is 0 Å². The molecule has 0 fully saturated rings. The van der Waals surface area contributed by atoms with E-state index in [1.165, 1.54) is 0 Å². The third kappa shape index (κ3) is 2.17. The van der Waals surface area contributed by atoms with Gasteiger partial charge in [-0.25, -0.2) is 0 Å². The van der Waals surface area contributed by atoms with Crippen LogP contribution >= 0.6 is 0 Å². The highest BCUT2D eigenvalue weighted by Gasteiger charge is 2.41. The Morgan fingerprint density at radius 1 is 1.25 bits per heavy atom. The zero-order chi connectivity index (χ0) is 14.0. The summed E-state index contributed by atoms with van der Waals surface area (Å²) in [6, 6.07) is 11.6. The maximum atomic E-state index is 10.7. The van der Waals surface area contributed by atoms with Crippen molar-refractivity contribution in [2.24, 2.45) is 11.1 Å². The number of benzene rings is 1. The number of aromatic nitrogens is 1. The summed E-state index contributed by atoms with van der Waals surface area (Å²) >= 11 is 0. The van der Waals surface area contributed by atoms with E-state index in [1.807, 2.05) is 36.4 Å². The monoisotopic (exact) mass is 270 g/mol. The lowest BCUT2D eigenvalue weighted by atomic mass is 9.73. The largest absolute Gasteiger partial charge is 0.493 e. The van der Waals surface area contributed by atoms with E-state index >= 15 is 0 Å². The molecule has 1 aliphatic rings. The van der Waals surface area contributed by atoms with Crippen LogP contribution in [0.1, 0.15) is 17.2 Å². The molecule has 3 rings (SSSR count). The van der Waals surface area contributed by atoms with Crippen LogP contribution in [0.15, 0.2) is 48.8 Å². The third-order valence-corrected chi connectivity index (χ3v) is 4.04. The fourth-order valence-electron chi connectivity index (χ4n) is 2.76. The molecule has 1 aromatic heterocycles. The molecule has 2 heterocycles. The van der Waals surface area contributed by atoms with Crippen molar-refractivity contribution in [3.63, 3.8) is 0 Å². The van der Waals surface area contributed by atoms with Crippen LogP contribution in [0.25, 0.3) is 0 Å². The molecule has 104 valence electrons. The molecule has 2 unspecified atom stereocenters. The summed E-state index contributed by atoms with van der Waals surface area (Å²) in [6.07, 6.45) is 3.41. The predicted octanol–water partition coefficient (Wildman–Crippen LogP) is 1.70. The quantitative estimate of drug-likeness (QED) is 0.890. The third-order valence-electron chi connectivity index (χ3n) is 4.04. The molecule has 2 atom stereocenters. The van der Waals surface area contributed by atoms with Gasteiger partial charge in [0, 0.05) is 18.9 Å². The van der Waals surface area contributed by atoms with Crippen LogP contribution in [0, 0.1) is 5.41 Å². The second kappa shape index (κ2) is 5.23. The van der Waals surface area contributed by atoms with E-state index in [1.54, 1.807) is 12.4 Å². The van der Waals surface area contributed by atoms with Crippen molar-refractivity contribution in [3.05, 3.63) is 59.9 Å². The molecule has 0 amide bonds. The Kier molecular flexibility index (Phi) is 3.42. The summed E-state index contributed by atoms with van der Waals surface area (Å²) in [4.78, 5) is 3.98. The highest BCUT2D eigenvalue weighted by Crippen LogP contribution is 2.42. The summed E-state index contributed by atoms with van der Waals surface area (Å²) in [5, 5.41) is 10.7. The molecule has 4 heteroatoms.